The Balaban J connectivity index is 3.10. The highest BCUT2D eigenvalue weighted by Crippen LogP contribution is 2.19. The van der Waals surface area contributed by atoms with Gasteiger partial charge in [0.05, 0.1) is 5.02 Å². The number of halogens is 2. The van der Waals surface area contributed by atoms with Crippen LogP contribution in [0.25, 0.3) is 10.4 Å². The first-order valence-corrected chi connectivity index (χ1v) is 4.65. The normalized spacial score (nSPS) is 9.08. The molecule has 1 rings (SSSR count). The molecule has 0 N–H and O–H groups in total. The summed E-state index contributed by atoms with van der Waals surface area (Å²) in [5.74, 6) is -0.624. The second-order valence-corrected chi connectivity index (χ2v) is 3.69. The molecular weight excluding hydrogens is 304 g/mol. The molecular formula is C7H3ClIN3O. The largest absolute Gasteiger partial charge is 0.287 e. The molecule has 0 radical (unpaired) electrons. The third-order valence-corrected chi connectivity index (χ3v) is 2.87. The monoisotopic (exact) mass is 307 g/mol. The summed E-state index contributed by atoms with van der Waals surface area (Å²) < 4.78 is 0.844. The number of carbonyl (C=O) groups is 1. The number of hydrogen-bond donors (Lipinski definition) is 0. The van der Waals surface area contributed by atoms with Crippen LogP contribution in [0, 0.1) is 3.57 Å². The van der Waals surface area contributed by atoms with Gasteiger partial charge in [0.25, 0.3) is 0 Å². The van der Waals surface area contributed by atoms with Gasteiger partial charge in [0.1, 0.15) is 0 Å². The fourth-order valence-corrected chi connectivity index (χ4v) is 1.24. The molecule has 0 saturated carbocycles. The minimum Gasteiger partial charge on any atom is -0.287 e. The summed E-state index contributed by atoms with van der Waals surface area (Å²) in [6.45, 7) is 0. The van der Waals surface area contributed by atoms with Gasteiger partial charge in [-0.3, -0.25) is 4.79 Å². The first-order valence-electron chi connectivity index (χ1n) is 3.19. The van der Waals surface area contributed by atoms with Crippen LogP contribution >= 0.6 is 34.2 Å². The summed E-state index contributed by atoms with van der Waals surface area (Å²) in [5, 5.41) is 3.42. The molecule has 0 spiro atoms. The van der Waals surface area contributed by atoms with Gasteiger partial charge >= 0.3 is 0 Å². The highest BCUT2D eigenvalue weighted by atomic mass is 127. The molecule has 0 aliphatic rings. The van der Waals surface area contributed by atoms with E-state index in [1.807, 2.05) is 22.6 Å². The van der Waals surface area contributed by atoms with Gasteiger partial charge in [-0.15, -0.1) is 0 Å². The fraction of sp³-hybridized carbons (Fsp3) is 0. The lowest BCUT2D eigenvalue weighted by molar-refractivity contribution is 0.100. The van der Waals surface area contributed by atoms with Gasteiger partial charge in [0, 0.05) is 14.0 Å². The third kappa shape index (κ3) is 2.58. The molecule has 0 saturated heterocycles. The van der Waals surface area contributed by atoms with Crippen LogP contribution in [0.1, 0.15) is 10.4 Å². The summed E-state index contributed by atoms with van der Waals surface area (Å²) in [4.78, 5) is 13.4. The van der Waals surface area contributed by atoms with Crippen molar-refractivity contribution in [3.63, 3.8) is 0 Å². The molecule has 13 heavy (non-hydrogen) atoms. The predicted octanol–water partition coefficient (Wildman–Crippen LogP) is 3.40. The Morgan fingerprint density at radius 1 is 1.62 bits per heavy atom. The van der Waals surface area contributed by atoms with E-state index in [9.17, 15) is 4.79 Å². The van der Waals surface area contributed by atoms with Crippen molar-refractivity contribution in [2.24, 2.45) is 5.11 Å². The van der Waals surface area contributed by atoms with E-state index in [4.69, 9.17) is 17.1 Å². The molecule has 0 aliphatic heterocycles. The van der Waals surface area contributed by atoms with Gasteiger partial charge in [-0.2, -0.15) is 0 Å². The molecule has 0 aromatic heterocycles. The fourth-order valence-electron chi connectivity index (χ4n) is 0.728. The Labute approximate surface area is 92.7 Å². The van der Waals surface area contributed by atoms with Crippen molar-refractivity contribution in [1.29, 1.82) is 0 Å². The molecule has 1 amide bonds. The van der Waals surface area contributed by atoms with Gasteiger partial charge in [-0.25, -0.2) is 0 Å². The lowest BCUT2D eigenvalue weighted by Gasteiger charge is -1.97. The summed E-state index contributed by atoms with van der Waals surface area (Å²) in [7, 11) is 0. The molecule has 6 heteroatoms. The predicted molar refractivity (Wildman–Crippen MR) is 57.6 cm³/mol. The second kappa shape index (κ2) is 4.45. The topological polar surface area (TPSA) is 65.8 Å². The Hall–Kier alpha value is -0.780. The highest BCUT2D eigenvalue weighted by Gasteiger charge is 2.04. The molecule has 0 fully saturated rings. The first kappa shape index (κ1) is 10.3. The lowest BCUT2D eigenvalue weighted by Crippen LogP contribution is -1.93. The van der Waals surface area contributed by atoms with Crippen molar-refractivity contribution in [2.75, 3.05) is 0 Å². The molecule has 4 nitrogen and oxygen atoms in total. The van der Waals surface area contributed by atoms with E-state index in [2.05, 4.69) is 10.0 Å². The minimum atomic E-state index is -0.624. The summed E-state index contributed by atoms with van der Waals surface area (Å²) >= 11 is 7.80. The van der Waals surface area contributed by atoms with Crippen molar-refractivity contribution >= 4 is 40.1 Å². The number of amides is 1. The van der Waals surface area contributed by atoms with Crippen molar-refractivity contribution in [1.82, 2.24) is 0 Å². The zero-order valence-corrected chi connectivity index (χ0v) is 9.15. The zero-order chi connectivity index (χ0) is 9.84. The Morgan fingerprint density at radius 3 is 2.85 bits per heavy atom. The number of azide groups is 1. The Bertz CT molecular complexity index is 401. The van der Waals surface area contributed by atoms with Gasteiger partial charge in [-0.1, -0.05) is 17.7 Å². The van der Waals surface area contributed by atoms with Gasteiger partial charge in [0.15, 0.2) is 0 Å². The van der Waals surface area contributed by atoms with Crippen LogP contribution in [0.2, 0.25) is 5.02 Å². The molecule has 0 unspecified atom stereocenters. The van der Waals surface area contributed by atoms with Crippen LogP contribution in [-0.2, 0) is 0 Å². The lowest BCUT2D eigenvalue weighted by atomic mass is 10.2. The third-order valence-electron chi connectivity index (χ3n) is 1.30. The maximum absolute atomic E-state index is 11.0. The Morgan fingerprint density at radius 2 is 2.31 bits per heavy atom. The van der Waals surface area contributed by atoms with Gasteiger partial charge in [0.2, 0.25) is 5.91 Å². The van der Waals surface area contributed by atoms with Crippen LogP contribution in [0.5, 0.6) is 0 Å². The Kier molecular flexibility index (Phi) is 3.53. The molecule has 0 aliphatic carbocycles. The number of carbonyl (C=O) groups excluding carboxylic acids is 1. The molecule has 66 valence electrons. The SMILES string of the molecule is [N-]=[N+]=NC(=O)c1ccc(I)c(Cl)c1. The van der Waals surface area contributed by atoms with Crippen molar-refractivity contribution in [2.45, 2.75) is 0 Å². The minimum absolute atomic E-state index is 0.295. The van der Waals surface area contributed by atoms with E-state index in [1.165, 1.54) is 6.07 Å². The van der Waals surface area contributed by atoms with Crippen molar-refractivity contribution in [3.05, 3.63) is 42.8 Å². The highest BCUT2D eigenvalue weighted by molar-refractivity contribution is 14.1. The van der Waals surface area contributed by atoms with Crippen LogP contribution < -0.4 is 0 Å². The standard InChI is InChI=1S/C7H3ClIN3O/c8-5-3-4(1-2-6(5)9)7(13)11-12-10/h1-3H. The van der Waals surface area contributed by atoms with E-state index in [-0.39, 0.29) is 0 Å². The maximum atomic E-state index is 11.0. The van der Waals surface area contributed by atoms with Gasteiger partial charge in [-0.05, 0) is 45.4 Å². The molecule has 0 heterocycles. The van der Waals surface area contributed by atoms with Gasteiger partial charge < -0.3 is 0 Å². The summed E-state index contributed by atoms with van der Waals surface area (Å²) in [6, 6.07) is 4.72. The average molecular weight is 307 g/mol. The second-order valence-electron chi connectivity index (χ2n) is 2.12. The smallest absolute Gasteiger partial charge is 0.249 e. The number of hydrogen-bond acceptors (Lipinski definition) is 1. The summed E-state index contributed by atoms with van der Waals surface area (Å²) in [6.07, 6.45) is 0. The molecule has 1 aromatic rings. The van der Waals surface area contributed by atoms with Crippen LogP contribution in [-0.4, -0.2) is 5.91 Å². The van der Waals surface area contributed by atoms with E-state index in [0.717, 1.165) is 3.57 Å². The summed E-state index contributed by atoms with van der Waals surface area (Å²) in [5.41, 5.74) is 8.32. The molecule has 0 atom stereocenters. The van der Waals surface area contributed by atoms with Crippen LogP contribution in [0.4, 0.5) is 0 Å². The molecule has 1 aromatic carbocycles. The van der Waals surface area contributed by atoms with Crippen LogP contribution in [0.3, 0.4) is 0 Å². The quantitative estimate of drug-likeness (QED) is 0.339. The van der Waals surface area contributed by atoms with Crippen LogP contribution in [0.15, 0.2) is 23.3 Å². The van der Waals surface area contributed by atoms with E-state index in [1.54, 1.807) is 12.1 Å². The first-order chi connectivity index (χ1) is 6.15. The number of nitrogens with zero attached hydrogens (tertiary/aromatic N) is 3. The zero-order valence-electron chi connectivity index (χ0n) is 6.24. The van der Waals surface area contributed by atoms with E-state index < -0.39 is 5.91 Å². The molecule has 0 bridgehead atoms. The van der Waals surface area contributed by atoms with Crippen molar-refractivity contribution in [3.8, 4) is 0 Å². The number of rotatable bonds is 1. The number of benzene rings is 1. The maximum Gasteiger partial charge on any atom is 0.249 e. The van der Waals surface area contributed by atoms with E-state index >= 15 is 0 Å². The van der Waals surface area contributed by atoms with Crippen molar-refractivity contribution < 1.29 is 4.79 Å². The van der Waals surface area contributed by atoms with E-state index in [0.29, 0.717) is 10.6 Å². The average Bonchev–Trinajstić information content (AvgIpc) is 2.10.